The van der Waals surface area contributed by atoms with E-state index in [1.54, 1.807) is 0 Å². The van der Waals surface area contributed by atoms with Gasteiger partial charge in [-0.2, -0.15) is 0 Å². The molecule has 2 aromatic carbocycles. The molecule has 0 bridgehead atoms. The number of pyridine rings is 1. The van der Waals surface area contributed by atoms with Gasteiger partial charge in [0.05, 0.1) is 24.9 Å². The molecule has 6 rings (SSSR count). The predicted molar refractivity (Wildman–Crippen MR) is 186 cm³/mol. The van der Waals surface area contributed by atoms with E-state index in [1.807, 2.05) is 35.5 Å². The molecule has 0 spiro atoms. The van der Waals surface area contributed by atoms with Gasteiger partial charge in [0.1, 0.15) is 5.75 Å². The molecular weight excluding hydrogens is 635 g/mol. The number of para-hydroxylation sites is 1. The molecule has 10 heteroatoms. The average molecular weight is 682 g/mol. The number of carbonyl (C=O) groups is 1. The Labute approximate surface area is 288 Å². The fraction of sp³-hybridized carbons (Fsp3) is 0.514. The standard InChI is InChI=1S/C37H46Cl2N4O4/c38-33-23-28(34(39)22-27(33)6-2-1-5-14-40-16-17-42-18-20-43(21-19-42)25-36(44)45)26-46-37(12-13-37)32-24-41-15-11-30(32)31-7-3-4-8-35(31)47-29-9-10-29/h3-4,7-8,11,15,22-24,29,40H,1-2,5-6,9-10,12-14,16-21,25-26H2,(H,44,45). The first kappa shape index (κ1) is 34.2. The molecule has 1 aliphatic heterocycles. The van der Waals surface area contributed by atoms with Crippen molar-refractivity contribution in [2.24, 2.45) is 0 Å². The molecule has 3 aromatic rings. The van der Waals surface area contributed by atoms with Crippen LogP contribution in [0.15, 0.2) is 54.9 Å². The van der Waals surface area contributed by atoms with Crippen molar-refractivity contribution >= 4 is 29.2 Å². The Hall–Kier alpha value is -2.72. The normalized spacial score (nSPS) is 17.9. The topological polar surface area (TPSA) is 87.2 Å². The first-order valence-corrected chi connectivity index (χ1v) is 17.8. The number of halogens is 2. The van der Waals surface area contributed by atoms with Gasteiger partial charge in [0.15, 0.2) is 0 Å². The largest absolute Gasteiger partial charge is 0.490 e. The molecule has 252 valence electrons. The van der Waals surface area contributed by atoms with E-state index in [4.69, 9.17) is 37.8 Å². The van der Waals surface area contributed by atoms with E-state index < -0.39 is 11.6 Å². The molecule has 1 aromatic heterocycles. The molecule has 0 atom stereocenters. The smallest absolute Gasteiger partial charge is 0.317 e. The Kier molecular flexibility index (Phi) is 11.7. The molecule has 0 amide bonds. The number of unbranched alkanes of at least 4 members (excludes halogenated alkanes) is 2. The van der Waals surface area contributed by atoms with E-state index in [0.717, 1.165) is 136 Å². The van der Waals surface area contributed by atoms with Gasteiger partial charge in [-0.3, -0.25) is 19.6 Å². The van der Waals surface area contributed by atoms with E-state index in [1.165, 1.54) is 0 Å². The number of carboxylic acids is 1. The van der Waals surface area contributed by atoms with Crippen LogP contribution >= 0.6 is 23.2 Å². The summed E-state index contributed by atoms with van der Waals surface area (Å²) in [6.07, 6.45) is 12.4. The molecule has 3 fully saturated rings. The number of nitrogens with zero attached hydrogens (tertiary/aromatic N) is 3. The summed E-state index contributed by atoms with van der Waals surface area (Å²) >= 11 is 13.5. The molecule has 3 aliphatic rings. The first-order valence-electron chi connectivity index (χ1n) is 17.1. The van der Waals surface area contributed by atoms with Crippen LogP contribution in [0, 0.1) is 0 Å². The van der Waals surface area contributed by atoms with Crippen LogP contribution in [0.25, 0.3) is 11.1 Å². The number of aliphatic carboxylic acids is 1. The summed E-state index contributed by atoms with van der Waals surface area (Å²) < 4.78 is 12.9. The second-order valence-electron chi connectivity index (χ2n) is 13.1. The third-order valence-corrected chi connectivity index (χ3v) is 10.2. The number of hydrogen-bond acceptors (Lipinski definition) is 7. The minimum atomic E-state index is -0.748. The number of nitrogens with one attached hydrogen (secondary N) is 1. The number of hydrogen-bond donors (Lipinski definition) is 2. The minimum absolute atomic E-state index is 0.142. The van der Waals surface area contributed by atoms with Gasteiger partial charge in [0.2, 0.25) is 0 Å². The molecule has 2 N–H and O–H groups in total. The fourth-order valence-corrected chi connectivity index (χ4v) is 6.89. The van der Waals surface area contributed by atoms with Crippen molar-refractivity contribution in [3.8, 4) is 16.9 Å². The number of aryl methyl sites for hydroxylation is 1. The highest BCUT2D eigenvalue weighted by molar-refractivity contribution is 6.34. The van der Waals surface area contributed by atoms with Crippen LogP contribution in [0.2, 0.25) is 10.0 Å². The molecule has 1 saturated heterocycles. The number of aromatic nitrogens is 1. The van der Waals surface area contributed by atoms with Gasteiger partial charge in [-0.1, -0.05) is 47.8 Å². The Bertz CT molecular complexity index is 1510. The SMILES string of the molecule is O=C(O)CN1CCN(CCNCCCCCc2cc(Cl)c(COC3(c4cnccc4-c4ccccc4OC4CC4)CC3)cc2Cl)CC1. The van der Waals surface area contributed by atoms with Crippen molar-refractivity contribution in [2.45, 2.75) is 69.7 Å². The van der Waals surface area contributed by atoms with Crippen molar-refractivity contribution in [3.63, 3.8) is 0 Å². The van der Waals surface area contributed by atoms with E-state index in [0.29, 0.717) is 17.7 Å². The lowest BCUT2D eigenvalue weighted by Crippen LogP contribution is -2.49. The minimum Gasteiger partial charge on any atom is -0.490 e. The predicted octanol–water partition coefficient (Wildman–Crippen LogP) is 6.81. The lowest BCUT2D eigenvalue weighted by Gasteiger charge is -2.33. The Balaban J connectivity index is 0.939. The highest BCUT2D eigenvalue weighted by Crippen LogP contribution is 2.53. The van der Waals surface area contributed by atoms with Crippen molar-refractivity contribution < 1.29 is 19.4 Å². The average Bonchev–Trinajstić information content (AvgIpc) is 4.01. The van der Waals surface area contributed by atoms with Crippen LogP contribution < -0.4 is 10.1 Å². The van der Waals surface area contributed by atoms with Crippen LogP contribution in [0.1, 0.15) is 61.6 Å². The molecule has 2 aliphatic carbocycles. The van der Waals surface area contributed by atoms with E-state index >= 15 is 0 Å². The Morgan fingerprint density at radius 2 is 1.68 bits per heavy atom. The molecule has 0 unspecified atom stereocenters. The third kappa shape index (κ3) is 9.46. The number of carboxylic acid groups (broad SMARTS) is 1. The van der Waals surface area contributed by atoms with Gasteiger partial charge in [-0.25, -0.2) is 0 Å². The van der Waals surface area contributed by atoms with E-state index in [2.05, 4.69) is 39.5 Å². The first-order chi connectivity index (χ1) is 22.9. The number of piperazine rings is 1. The maximum Gasteiger partial charge on any atom is 0.317 e. The number of rotatable bonds is 18. The quantitative estimate of drug-likeness (QED) is 0.142. The second-order valence-corrected chi connectivity index (χ2v) is 13.9. The van der Waals surface area contributed by atoms with Crippen LogP contribution in [0.3, 0.4) is 0 Å². The van der Waals surface area contributed by atoms with Gasteiger partial charge in [-0.05, 0) is 92.4 Å². The fourth-order valence-electron chi connectivity index (χ4n) is 6.37. The summed E-state index contributed by atoms with van der Waals surface area (Å²) in [7, 11) is 0. The number of ether oxygens (including phenoxy) is 2. The molecule has 8 nitrogen and oxygen atoms in total. The van der Waals surface area contributed by atoms with Gasteiger partial charge in [0, 0.05) is 72.8 Å². The van der Waals surface area contributed by atoms with Crippen LogP contribution in [-0.2, 0) is 28.2 Å². The van der Waals surface area contributed by atoms with Gasteiger partial charge >= 0.3 is 5.97 Å². The zero-order valence-electron chi connectivity index (χ0n) is 27.1. The maximum absolute atomic E-state index is 10.9. The van der Waals surface area contributed by atoms with Crippen molar-refractivity contribution in [2.75, 3.05) is 52.4 Å². The highest BCUT2D eigenvalue weighted by atomic mass is 35.5. The monoisotopic (exact) mass is 680 g/mol. The summed E-state index contributed by atoms with van der Waals surface area (Å²) in [5.41, 5.74) is 4.88. The Morgan fingerprint density at radius 1 is 0.936 bits per heavy atom. The molecule has 2 saturated carbocycles. The van der Waals surface area contributed by atoms with Crippen molar-refractivity contribution in [1.29, 1.82) is 0 Å². The zero-order valence-corrected chi connectivity index (χ0v) is 28.6. The lowest BCUT2D eigenvalue weighted by atomic mass is 9.96. The summed E-state index contributed by atoms with van der Waals surface area (Å²) in [5.74, 6) is 0.171. The molecule has 0 radical (unpaired) electrons. The second kappa shape index (κ2) is 16.1. The van der Waals surface area contributed by atoms with Gasteiger partial charge in [-0.15, -0.1) is 0 Å². The summed E-state index contributed by atoms with van der Waals surface area (Å²) in [4.78, 5) is 19.8. The van der Waals surface area contributed by atoms with Crippen molar-refractivity contribution in [3.05, 3.63) is 81.6 Å². The summed E-state index contributed by atoms with van der Waals surface area (Å²) in [6.45, 7) is 6.98. The summed E-state index contributed by atoms with van der Waals surface area (Å²) in [6, 6.07) is 14.3. The van der Waals surface area contributed by atoms with Crippen LogP contribution in [0.5, 0.6) is 5.75 Å². The number of benzene rings is 2. The van der Waals surface area contributed by atoms with Crippen molar-refractivity contribution in [1.82, 2.24) is 20.1 Å². The van der Waals surface area contributed by atoms with Crippen LogP contribution in [0.4, 0.5) is 0 Å². The molecule has 47 heavy (non-hydrogen) atoms. The highest BCUT2D eigenvalue weighted by Gasteiger charge is 2.48. The summed E-state index contributed by atoms with van der Waals surface area (Å²) in [5, 5.41) is 13.9. The lowest BCUT2D eigenvalue weighted by molar-refractivity contribution is -0.138. The Morgan fingerprint density at radius 3 is 2.45 bits per heavy atom. The van der Waals surface area contributed by atoms with Gasteiger partial charge < -0.3 is 19.9 Å². The molecular formula is C37H46Cl2N4O4. The van der Waals surface area contributed by atoms with E-state index in [9.17, 15) is 4.79 Å². The maximum atomic E-state index is 10.9. The zero-order chi connectivity index (χ0) is 32.6. The van der Waals surface area contributed by atoms with E-state index in [-0.39, 0.29) is 6.54 Å². The van der Waals surface area contributed by atoms with Gasteiger partial charge in [0.25, 0.3) is 0 Å². The van der Waals surface area contributed by atoms with Crippen LogP contribution in [-0.4, -0.2) is 84.3 Å². The molecule has 2 heterocycles. The third-order valence-electron chi connectivity index (χ3n) is 9.46.